The van der Waals surface area contributed by atoms with Crippen molar-refractivity contribution in [1.82, 2.24) is 14.3 Å². The molecule has 0 fully saturated rings. The summed E-state index contributed by atoms with van der Waals surface area (Å²) in [5.74, 6) is -0.281. The standard InChI is InChI=1S/C15H13FN4/c16-14-11-19(7-3-9-20-8-2-6-18-20)15-12(10-17)4-1-5-13(14)15/h1-2,4-6,8,11H,3,7,9H2. The average Bonchev–Trinajstić information content (AvgIpc) is 3.08. The molecule has 0 aliphatic carbocycles. The lowest BCUT2D eigenvalue weighted by molar-refractivity contribution is 0.528. The molecule has 4 nitrogen and oxygen atoms in total. The van der Waals surface area contributed by atoms with Crippen LogP contribution < -0.4 is 0 Å². The van der Waals surface area contributed by atoms with Crippen molar-refractivity contribution < 1.29 is 4.39 Å². The number of aromatic nitrogens is 3. The minimum atomic E-state index is -0.281. The lowest BCUT2D eigenvalue weighted by atomic mass is 10.1. The molecule has 0 amide bonds. The molecule has 0 unspecified atom stereocenters. The molecule has 3 aromatic rings. The topological polar surface area (TPSA) is 46.5 Å². The maximum atomic E-state index is 13.9. The van der Waals surface area contributed by atoms with E-state index >= 15 is 0 Å². The quantitative estimate of drug-likeness (QED) is 0.730. The van der Waals surface area contributed by atoms with Crippen molar-refractivity contribution >= 4 is 10.9 Å². The zero-order valence-corrected chi connectivity index (χ0v) is 10.8. The molecule has 0 bridgehead atoms. The summed E-state index contributed by atoms with van der Waals surface area (Å²) in [5.41, 5.74) is 1.18. The Morgan fingerprint density at radius 2 is 2.15 bits per heavy atom. The molecule has 5 heteroatoms. The van der Waals surface area contributed by atoms with Gasteiger partial charge in [-0.15, -0.1) is 0 Å². The molecular weight excluding hydrogens is 255 g/mol. The molecule has 100 valence electrons. The molecule has 0 aliphatic heterocycles. The van der Waals surface area contributed by atoms with Gasteiger partial charge in [0.15, 0.2) is 0 Å². The van der Waals surface area contributed by atoms with E-state index in [0.717, 1.165) is 13.0 Å². The fourth-order valence-corrected chi connectivity index (χ4v) is 2.42. The number of hydrogen-bond acceptors (Lipinski definition) is 2. The first-order valence-corrected chi connectivity index (χ1v) is 6.44. The molecule has 0 spiro atoms. The Kier molecular flexibility index (Phi) is 3.21. The van der Waals surface area contributed by atoms with Gasteiger partial charge in [0.05, 0.1) is 11.1 Å². The number of hydrogen-bond donors (Lipinski definition) is 0. The third-order valence-electron chi connectivity index (χ3n) is 3.32. The van der Waals surface area contributed by atoms with Crippen molar-refractivity contribution in [3.8, 4) is 6.07 Å². The Morgan fingerprint density at radius 1 is 1.25 bits per heavy atom. The fraction of sp³-hybridized carbons (Fsp3) is 0.200. The van der Waals surface area contributed by atoms with Gasteiger partial charge in [-0.05, 0) is 24.6 Å². The van der Waals surface area contributed by atoms with Crippen molar-refractivity contribution in [2.45, 2.75) is 19.5 Å². The molecule has 0 saturated heterocycles. The van der Waals surface area contributed by atoms with Crippen LogP contribution in [0, 0.1) is 17.1 Å². The first-order valence-electron chi connectivity index (χ1n) is 6.44. The summed E-state index contributed by atoms with van der Waals surface area (Å²) in [6.45, 7) is 1.42. The van der Waals surface area contributed by atoms with Crippen molar-refractivity contribution in [3.05, 3.63) is 54.2 Å². The molecule has 3 rings (SSSR count). The van der Waals surface area contributed by atoms with E-state index in [1.54, 1.807) is 24.4 Å². The van der Waals surface area contributed by atoms with Gasteiger partial charge in [-0.25, -0.2) is 4.39 Å². The highest BCUT2D eigenvalue weighted by Crippen LogP contribution is 2.23. The predicted octanol–water partition coefficient (Wildman–Crippen LogP) is 2.94. The predicted molar refractivity (Wildman–Crippen MR) is 73.5 cm³/mol. The Labute approximate surface area is 115 Å². The van der Waals surface area contributed by atoms with E-state index in [9.17, 15) is 4.39 Å². The Hall–Kier alpha value is -2.61. The number of fused-ring (bicyclic) bond motifs is 1. The summed E-state index contributed by atoms with van der Waals surface area (Å²) in [4.78, 5) is 0. The molecule has 0 N–H and O–H groups in total. The largest absolute Gasteiger partial charge is 0.343 e. The number of nitrogens with zero attached hydrogens (tertiary/aromatic N) is 4. The summed E-state index contributed by atoms with van der Waals surface area (Å²) in [5, 5.41) is 13.8. The fourth-order valence-electron chi connectivity index (χ4n) is 2.42. The van der Waals surface area contributed by atoms with Crippen LogP contribution in [0.4, 0.5) is 4.39 Å². The number of benzene rings is 1. The highest BCUT2D eigenvalue weighted by molar-refractivity contribution is 5.86. The van der Waals surface area contributed by atoms with Crippen molar-refractivity contribution in [2.75, 3.05) is 0 Å². The van der Waals surface area contributed by atoms with Crippen LogP contribution in [0.2, 0.25) is 0 Å². The number of nitriles is 1. The van der Waals surface area contributed by atoms with Crippen LogP contribution >= 0.6 is 0 Å². The SMILES string of the molecule is N#Cc1cccc2c(F)cn(CCCn3cccn3)c12. The van der Waals surface area contributed by atoms with Crippen molar-refractivity contribution in [2.24, 2.45) is 0 Å². The zero-order valence-electron chi connectivity index (χ0n) is 10.8. The van der Waals surface area contributed by atoms with E-state index in [-0.39, 0.29) is 5.82 Å². The molecular formula is C15H13FN4. The van der Waals surface area contributed by atoms with E-state index in [0.29, 0.717) is 23.0 Å². The number of aryl methyl sites for hydroxylation is 2. The van der Waals surface area contributed by atoms with Crippen LogP contribution in [-0.4, -0.2) is 14.3 Å². The second kappa shape index (κ2) is 5.17. The molecule has 2 aromatic heterocycles. The highest BCUT2D eigenvalue weighted by atomic mass is 19.1. The minimum Gasteiger partial charge on any atom is -0.343 e. The lowest BCUT2D eigenvalue weighted by Crippen LogP contribution is -2.04. The molecule has 20 heavy (non-hydrogen) atoms. The second-order valence-electron chi connectivity index (χ2n) is 4.61. The molecule has 0 atom stereocenters. The van der Waals surface area contributed by atoms with Gasteiger partial charge < -0.3 is 4.57 Å². The number of rotatable bonds is 4. The van der Waals surface area contributed by atoms with Crippen LogP contribution in [0.15, 0.2) is 42.9 Å². The van der Waals surface area contributed by atoms with Crippen molar-refractivity contribution in [3.63, 3.8) is 0 Å². The lowest BCUT2D eigenvalue weighted by Gasteiger charge is -2.06. The van der Waals surface area contributed by atoms with Crippen LogP contribution in [0.3, 0.4) is 0 Å². The van der Waals surface area contributed by atoms with Gasteiger partial charge in [-0.1, -0.05) is 6.07 Å². The minimum absolute atomic E-state index is 0.281. The van der Waals surface area contributed by atoms with Crippen LogP contribution in [0.25, 0.3) is 10.9 Å². The van der Waals surface area contributed by atoms with Gasteiger partial charge in [0.25, 0.3) is 0 Å². The summed E-state index contributed by atoms with van der Waals surface area (Å²) in [6, 6.07) is 9.12. The monoisotopic (exact) mass is 268 g/mol. The number of para-hydroxylation sites is 1. The third kappa shape index (κ3) is 2.16. The van der Waals surface area contributed by atoms with Gasteiger partial charge >= 0.3 is 0 Å². The first kappa shape index (κ1) is 12.4. The first-order chi connectivity index (χ1) is 9.79. The smallest absolute Gasteiger partial charge is 0.148 e. The van der Waals surface area contributed by atoms with Gasteiger partial charge in [0.1, 0.15) is 11.9 Å². The van der Waals surface area contributed by atoms with E-state index < -0.39 is 0 Å². The van der Waals surface area contributed by atoms with E-state index in [1.165, 1.54) is 6.20 Å². The van der Waals surface area contributed by atoms with E-state index in [1.807, 2.05) is 21.5 Å². The van der Waals surface area contributed by atoms with Gasteiger partial charge in [0.2, 0.25) is 0 Å². The van der Waals surface area contributed by atoms with E-state index in [2.05, 4.69) is 11.2 Å². The normalized spacial score (nSPS) is 10.8. The van der Waals surface area contributed by atoms with Crippen LogP contribution in [0.5, 0.6) is 0 Å². The van der Waals surface area contributed by atoms with Gasteiger partial charge in [-0.2, -0.15) is 10.4 Å². The van der Waals surface area contributed by atoms with E-state index in [4.69, 9.17) is 5.26 Å². The maximum absolute atomic E-state index is 13.9. The Morgan fingerprint density at radius 3 is 2.90 bits per heavy atom. The van der Waals surface area contributed by atoms with Gasteiger partial charge in [-0.3, -0.25) is 4.68 Å². The summed E-state index contributed by atoms with van der Waals surface area (Å²) < 4.78 is 17.5. The average molecular weight is 268 g/mol. The Balaban J connectivity index is 1.86. The molecule has 2 heterocycles. The van der Waals surface area contributed by atoms with Gasteiger partial charge in [0, 0.05) is 37.1 Å². The molecule has 0 radical (unpaired) electrons. The number of halogens is 1. The zero-order chi connectivity index (χ0) is 13.9. The maximum Gasteiger partial charge on any atom is 0.148 e. The summed E-state index contributed by atoms with van der Waals surface area (Å²) >= 11 is 0. The third-order valence-corrected chi connectivity index (χ3v) is 3.32. The molecule has 1 aromatic carbocycles. The molecule has 0 saturated carbocycles. The van der Waals surface area contributed by atoms with Crippen LogP contribution in [0.1, 0.15) is 12.0 Å². The summed E-state index contributed by atoms with van der Waals surface area (Å²) in [7, 11) is 0. The Bertz CT molecular complexity index is 765. The molecule has 0 aliphatic rings. The second-order valence-corrected chi connectivity index (χ2v) is 4.61. The van der Waals surface area contributed by atoms with Crippen LogP contribution in [-0.2, 0) is 13.1 Å². The van der Waals surface area contributed by atoms with Crippen molar-refractivity contribution in [1.29, 1.82) is 5.26 Å². The summed E-state index contributed by atoms with van der Waals surface area (Å²) in [6.07, 6.45) is 5.92. The highest BCUT2D eigenvalue weighted by Gasteiger charge is 2.11.